The van der Waals surface area contributed by atoms with E-state index < -0.39 is 5.60 Å². The first-order valence-electron chi connectivity index (χ1n) is 11.1. The molecular formula is C24H40O3. The fourth-order valence-corrected chi connectivity index (χ4v) is 7.24. The van der Waals surface area contributed by atoms with Crippen molar-refractivity contribution in [2.45, 2.75) is 97.5 Å². The van der Waals surface area contributed by atoms with Crippen molar-refractivity contribution in [1.82, 2.24) is 0 Å². The molecule has 3 heteroatoms. The van der Waals surface area contributed by atoms with Crippen molar-refractivity contribution in [2.24, 2.45) is 28.1 Å². The van der Waals surface area contributed by atoms with Gasteiger partial charge in [0.1, 0.15) is 0 Å². The topological polar surface area (TPSA) is 46.5 Å². The summed E-state index contributed by atoms with van der Waals surface area (Å²) in [6.45, 7) is 13.6. The third kappa shape index (κ3) is 3.61. The molecule has 0 spiro atoms. The summed E-state index contributed by atoms with van der Waals surface area (Å²) >= 11 is 0. The number of fused-ring (bicyclic) bond motifs is 3. The lowest BCUT2D eigenvalue weighted by molar-refractivity contribution is -0.212. The highest BCUT2D eigenvalue weighted by Crippen LogP contribution is 2.66. The Kier molecular flexibility index (Phi) is 5.58. The molecule has 0 radical (unpaired) electrons. The molecule has 3 rings (SSSR count). The molecule has 3 aliphatic rings. The minimum atomic E-state index is -0.566. The number of hydrogen-bond donors (Lipinski definition) is 1. The standard InChI is InChI=1S/C24H40O3/c1-6-9-20(25)27-17-22(4)12-8-13-23(5)18(22)11-15-24(26)16-21(3,7-2)14-10-19(23)24/h7,18-19,26H,2,6,8-17H2,1,3-5H3/t18-,19+,21-,22+,23-,24+/m0/s1. The van der Waals surface area contributed by atoms with Crippen LogP contribution in [0.4, 0.5) is 0 Å². The van der Waals surface area contributed by atoms with Crippen LogP contribution in [0, 0.1) is 28.1 Å². The molecule has 27 heavy (non-hydrogen) atoms. The number of carbonyl (C=O) groups is 1. The average molecular weight is 377 g/mol. The van der Waals surface area contributed by atoms with E-state index in [0.29, 0.717) is 24.9 Å². The van der Waals surface area contributed by atoms with Gasteiger partial charge in [-0.15, -0.1) is 6.58 Å². The van der Waals surface area contributed by atoms with Gasteiger partial charge in [0, 0.05) is 11.8 Å². The van der Waals surface area contributed by atoms with E-state index in [1.807, 2.05) is 6.92 Å². The minimum Gasteiger partial charge on any atom is -0.465 e. The van der Waals surface area contributed by atoms with Gasteiger partial charge in [0.2, 0.25) is 0 Å². The summed E-state index contributed by atoms with van der Waals surface area (Å²) in [4.78, 5) is 12.0. The largest absolute Gasteiger partial charge is 0.465 e. The second kappa shape index (κ2) is 7.21. The molecule has 1 N–H and O–H groups in total. The van der Waals surface area contributed by atoms with Crippen molar-refractivity contribution < 1.29 is 14.6 Å². The first-order chi connectivity index (χ1) is 12.6. The molecule has 6 atom stereocenters. The van der Waals surface area contributed by atoms with Crippen LogP contribution in [0.15, 0.2) is 12.7 Å². The van der Waals surface area contributed by atoms with E-state index in [-0.39, 0.29) is 22.2 Å². The predicted molar refractivity (Wildman–Crippen MR) is 109 cm³/mol. The Morgan fingerprint density at radius 3 is 2.52 bits per heavy atom. The number of rotatable bonds is 5. The van der Waals surface area contributed by atoms with Gasteiger partial charge in [-0.05, 0) is 74.0 Å². The minimum absolute atomic E-state index is 0.0386. The van der Waals surface area contributed by atoms with Crippen LogP contribution in [0.25, 0.3) is 0 Å². The maximum atomic E-state index is 12.0. The lowest BCUT2D eigenvalue weighted by Crippen LogP contribution is -2.62. The molecule has 0 saturated heterocycles. The summed E-state index contributed by atoms with van der Waals surface area (Å²) in [7, 11) is 0. The van der Waals surface area contributed by atoms with Gasteiger partial charge < -0.3 is 9.84 Å². The lowest BCUT2D eigenvalue weighted by atomic mass is 9.42. The molecule has 0 amide bonds. The first-order valence-corrected chi connectivity index (χ1v) is 11.1. The zero-order chi connectivity index (χ0) is 19.9. The highest BCUT2D eigenvalue weighted by molar-refractivity contribution is 5.69. The third-order valence-electron chi connectivity index (χ3n) is 8.64. The molecule has 0 aromatic heterocycles. The van der Waals surface area contributed by atoms with Crippen LogP contribution in [0.5, 0.6) is 0 Å². The van der Waals surface area contributed by atoms with Crippen molar-refractivity contribution in [3.8, 4) is 0 Å². The highest BCUT2D eigenvalue weighted by Gasteiger charge is 2.62. The third-order valence-corrected chi connectivity index (χ3v) is 8.64. The Balaban J connectivity index is 1.81. The number of carbonyl (C=O) groups excluding carboxylic acids is 1. The number of hydrogen-bond acceptors (Lipinski definition) is 3. The monoisotopic (exact) mass is 376 g/mol. The number of esters is 1. The van der Waals surface area contributed by atoms with Crippen LogP contribution in [0.3, 0.4) is 0 Å². The second-order valence-corrected chi connectivity index (χ2v) is 10.7. The Bertz CT molecular complexity index is 586. The Morgan fingerprint density at radius 2 is 1.85 bits per heavy atom. The first kappa shape index (κ1) is 20.9. The molecule has 0 aromatic carbocycles. The molecular weight excluding hydrogens is 336 g/mol. The van der Waals surface area contributed by atoms with Crippen LogP contribution < -0.4 is 0 Å². The van der Waals surface area contributed by atoms with E-state index in [4.69, 9.17) is 4.74 Å². The highest BCUT2D eigenvalue weighted by atomic mass is 16.5. The molecule has 0 bridgehead atoms. The van der Waals surface area contributed by atoms with Crippen LogP contribution >= 0.6 is 0 Å². The van der Waals surface area contributed by atoms with Crippen molar-refractivity contribution in [2.75, 3.05) is 6.61 Å². The molecule has 3 nitrogen and oxygen atoms in total. The summed E-state index contributed by atoms with van der Waals surface area (Å²) in [5.41, 5.74) is -0.331. The van der Waals surface area contributed by atoms with Crippen LogP contribution in [-0.4, -0.2) is 23.3 Å². The van der Waals surface area contributed by atoms with E-state index in [0.717, 1.165) is 44.9 Å². The van der Waals surface area contributed by atoms with Crippen molar-refractivity contribution >= 4 is 5.97 Å². The summed E-state index contributed by atoms with van der Waals surface area (Å²) in [5, 5.41) is 11.7. The van der Waals surface area contributed by atoms with Gasteiger partial charge in [-0.3, -0.25) is 4.79 Å². The zero-order valence-electron chi connectivity index (χ0n) is 18.0. The van der Waals surface area contributed by atoms with E-state index >= 15 is 0 Å². The molecule has 0 heterocycles. The molecule has 3 aliphatic carbocycles. The number of allylic oxidation sites excluding steroid dienone is 1. The maximum absolute atomic E-state index is 12.0. The Hall–Kier alpha value is -0.830. The van der Waals surface area contributed by atoms with E-state index in [2.05, 4.69) is 33.4 Å². The van der Waals surface area contributed by atoms with Gasteiger partial charge in [-0.25, -0.2) is 0 Å². The molecule has 0 unspecified atom stereocenters. The summed E-state index contributed by atoms with van der Waals surface area (Å²) in [6, 6.07) is 0. The molecule has 154 valence electrons. The normalized spacial score (nSPS) is 46.9. The quantitative estimate of drug-likeness (QED) is 0.497. The smallest absolute Gasteiger partial charge is 0.305 e. The summed E-state index contributed by atoms with van der Waals surface area (Å²) < 4.78 is 5.72. The van der Waals surface area contributed by atoms with Crippen LogP contribution in [-0.2, 0) is 9.53 Å². The van der Waals surface area contributed by atoms with Gasteiger partial charge in [-0.2, -0.15) is 0 Å². The van der Waals surface area contributed by atoms with Gasteiger partial charge in [0.25, 0.3) is 0 Å². The molecule has 0 aliphatic heterocycles. The van der Waals surface area contributed by atoms with Gasteiger partial charge >= 0.3 is 5.97 Å². The van der Waals surface area contributed by atoms with Crippen molar-refractivity contribution in [3.63, 3.8) is 0 Å². The number of aliphatic hydroxyl groups is 1. The fraction of sp³-hybridized carbons (Fsp3) is 0.875. The zero-order valence-corrected chi connectivity index (χ0v) is 18.0. The summed E-state index contributed by atoms with van der Waals surface area (Å²) in [6.07, 6.45) is 11.9. The molecule has 0 aromatic rings. The molecule has 3 saturated carbocycles. The van der Waals surface area contributed by atoms with Gasteiger partial charge in [-0.1, -0.05) is 40.2 Å². The average Bonchev–Trinajstić information content (AvgIpc) is 2.59. The van der Waals surface area contributed by atoms with Crippen LogP contribution in [0.1, 0.15) is 91.9 Å². The van der Waals surface area contributed by atoms with E-state index in [1.54, 1.807) is 0 Å². The van der Waals surface area contributed by atoms with Gasteiger partial charge in [0.15, 0.2) is 0 Å². The van der Waals surface area contributed by atoms with Crippen LogP contribution in [0.2, 0.25) is 0 Å². The Labute approximate surface area is 165 Å². The number of ether oxygens (including phenoxy) is 1. The SMILES string of the molecule is C=C[C@@]1(C)CC[C@H]2[C@@](O)(CC[C@H]3[C@@](C)(COC(=O)CCC)CCC[C@@]32C)C1. The molecule has 3 fully saturated rings. The predicted octanol–water partition coefficient (Wildman–Crippen LogP) is 5.66. The van der Waals surface area contributed by atoms with Gasteiger partial charge in [0.05, 0.1) is 12.2 Å². The van der Waals surface area contributed by atoms with E-state index in [9.17, 15) is 9.90 Å². The maximum Gasteiger partial charge on any atom is 0.305 e. The second-order valence-electron chi connectivity index (χ2n) is 10.7. The van der Waals surface area contributed by atoms with E-state index in [1.165, 1.54) is 12.8 Å². The summed E-state index contributed by atoms with van der Waals surface area (Å²) in [5.74, 6) is 0.812. The van der Waals surface area contributed by atoms with Crippen molar-refractivity contribution in [1.29, 1.82) is 0 Å². The Morgan fingerprint density at radius 1 is 1.15 bits per heavy atom. The lowest BCUT2D eigenvalue weighted by Gasteiger charge is -2.65. The fourth-order valence-electron chi connectivity index (χ4n) is 7.24. The van der Waals surface area contributed by atoms with Crippen molar-refractivity contribution in [3.05, 3.63) is 12.7 Å².